The van der Waals surface area contributed by atoms with E-state index < -0.39 is 22.8 Å². The lowest BCUT2D eigenvalue weighted by Crippen LogP contribution is -2.39. The van der Waals surface area contributed by atoms with Crippen LogP contribution in [0.25, 0.3) is 0 Å². The number of anilines is 1. The SMILES string of the molecule is O=C(Nc1ccc(Cl)c(C(F)(F)F)c1)N1CCc2c(Cl)cccc2C1. The van der Waals surface area contributed by atoms with Crippen molar-refractivity contribution in [2.75, 3.05) is 11.9 Å². The Balaban J connectivity index is 1.75. The molecule has 0 saturated carbocycles. The van der Waals surface area contributed by atoms with Gasteiger partial charge in [0.25, 0.3) is 0 Å². The fourth-order valence-electron chi connectivity index (χ4n) is 2.76. The Kier molecular flexibility index (Phi) is 4.84. The lowest BCUT2D eigenvalue weighted by Gasteiger charge is -2.29. The number of urea groups is 1. The number of nitrogens with zero attached hydrogens (tertiary/aromatic N) is 1. The summed E-state index contributed by atoms with van der Waals surface area (Å²) in [5.41, 5.74) is 0.987. The van der Waals surface area contributed by atoms with Gasteiger partial charge in [0.1, 0.15) is 0 Å². The number of carbonyl (C=O) groups excluding carboxylic acids is 1. The number of benzene rings is 2. The molecule has 0 spiro atoms. The number of fused-ring (bicyclic) bond motifs is 1. The molecule has 0 aliphatic carbocycles. The molecular weight excluding hydrogens is 376 g/mol. The lowest BCUT2D eigenvalue weighted by atomic mass is 10.00. The van der Waals surface area contributed by atoms with Gasteiger partial charge in [-0.3, -0.25) is 0 Å². The molecule has 0 aromatic heterocycles. The van der Waals surface area contributed by atoms with Crippen molar-refractivity contribution in [3.63, 3.8) is 0 Å². The number of amides is 2. The summed E-state index contributed by atoms with van der Waals surface area (Å²) in [7, 11) is 0. The second-order valence-corrected chi connectivity index (χ2v) is 6.49. The third kappa shape index (κ3) is 3.85. The van der Waals surface area contributed by atoms with Crippen LogP contribution in [0.5, 0.6) is 0 Å². The summed E-state index contributed by atoms with van der Waals surface area (Å²) in [5, 5.41) is 2.74. The summed E-state index contributed by atoms with van der Waals surface area (Å²) in [5.74, 6) is 0. The average molecular weight is 389 g/mol. The number of hydrogen-bond donors (Lipinski definition) is 1. The topological polar surface area (TPSA) is 32.3 Å². The highest BCUT2D eigenvalue weighted by Crippen LogP contribution is 2.36. The molecular formula is C17H13Cl2F3N2O. The third-order valence-corrected chi connectivity index (χ3v) is 4.70. The average Bonchev–Trinajstić information content (AvgIpc) is 2.55. The van der Waals surface area contributed by atoms with Crippen molar-refractivity contribution in [2.24, 2.45) is 0 Å². The predicted octanol–water partition coefficient (Wildman–Crippen LogP) is 5.60. The van der Waals surface area contributed by atoms with Crippen LogP contribution in [0.15, 0.2) is 36.4 Å². The number of carbonyl (C=O) groups is 1. The minimum absolute atomic E-state index is 0.0404. The molecule has 0 saturated heterocycles. The maximum absolute atomic E-state index is 12.9. The van der Waals surface area contributed by atoms with Crippen molar-refractivity contribution in [1.82, 2.24) is 4.90 Å². The van der Waals surface area contributed by atoms with E-state index in [-0.39, 0.29) is 5.69 Å². The van der Waals surface area contributed by atoms with E-state index in [2.05, 4.69) is 5.32 Å². The Morgan fingerprint density at radius 1 is 1.12 bits per heavy atom. The molecule has 132 valence electrons. The number of hydrogen-bond acceptors (Lipinski definition) is 1. The Morgan fingerprint density at radius 3 is 2.60 bits per heavy atom. The van der Waals surface area contributed by atoms with Crippen molar-refractivity contribution in [3.05, 3.63) is 63.1 Å². The molecule has 25 heavy (non-hydrogen) atoms. The first-order valence-corrected chi connectivity index (χ1v) is 8.20. The van der Waals surface area contributed by atoms with E-state index in [4.69, 9.17) is 23.2 Å². The van der Waals surface area contributed by atoms with Crippen molar-refractivity contribution in [3.8, 4) is 0 Å². The zero-order chi connectivity index (χ0) is 18.2. The highest BCUT2D eigenvalue weighted by molar-refractivity contribution is 6.31. The molecule has 2 aromatic rings. The fraction of sp³-hybridized carbons (Fsp3) is 0.235. The standard InChI is InChI=1S/C17H13Cl2F3N2O/c18-14-3-1-2-10-9-24(7-6-12(10)14)16(25)23-11-4-5-15(19)13(8-11)17(20,21)22/h1-5,8H,6-7,9H2,(H,23,25). The molecule has 8 heteroatoms. The van der Waals surface area contributed by atoms with Gasteiger partial charge in [-0.15, -0.1) is 0 Å². The van der Waals surface area contributed by atoms with E-state index >= 15 is 0 Å². The van der Waals surface area contributed by atoms with Gasteiger partial charge in [0, 0.05) is 23.8 Å². The van der Waals surface area contributed by atoms with Gasteiger partial charge in [0.15, 0.2) is 0 Å². The van der Waals surface area contributed by atoms with Crippen LogP contribution in [-0.4, -0.2) is 17.5 Å². The monoisotopic (exact) mass is 388 g/mol. The van der Waals surface area contributed by atoms with E-state index in [9.17, 15) is 18.0 Å². The molecule has 1 aliphatic rings. The number of alkyl halides is 3. The molecule has 2 aromatic carbocycles. The molecule has 0 atom stereocenters. The molecule has 0 unspecified atom stereocenters. The summed E-state index contributed by atoms with van der Waals surface area (Å²) >= 11 is 11.7. The third-order valence-electron chi connectivity index (χ3n) is 4.02. The van der Waals surface area contributed by atoms with E-state index in [1.807, 2.05) is 6.07 Å². The zero-order valence-electron chi connectivity index (χ0n) is 12.8. The smallest absolute Gasteiger partial charge is 0.320 e. The number of nitrogens with one attached hydrogen (secondary N) is 1. The van der Waals surface area contributed by atoms with E-state index in [0.717, 1.165) is 23.3 Å². The van der Waals surface area contributed by atoms with Gasteiger partial charge in [0.2, 0.25) is 0 Å². The summed E-state index contributed by atoms with van der Waals surface area (Å²) in [6.07, 6.45) is -3.99. The van der Waals surface area contributed by atoms with Crippen LogP contribution in [0.3, 0.4) is 0 Å². The zero-order valence-corrected chi connectivity index (χ0v) is 14.3. The molecule has 0 bridgehead atoms. The van der Waals surface area contributed by atoms with Crippen LogP contribution in [0.2, 0.25) is 10.0 Å². The van der Waals surface area contributed by atoms with Gasteiger partial charge in [-0.1, -0.05) is 35.3 Å². The van der Waals surface area contributed by atoms with E-state index in [0.29, 0.717) is 24.5 Å². The Morgan fingerprint density at radius 2 is 1.88 bits per heavy atom. The molecule has 3 nitrogen and oxygen atoms in total. The maximum Gasteiger partial charge on any atom is 0.417 e. The summed E-state index contributed by atoms with van der Waals surface area (Å²) in [6.45, 7) is 0.781. The van der Waals surface area contributed by atoms with Crippen LogP contribution in [-0.2, 0) is 19.1 Å². The molecule has 1 N–H and O–H groups in total. The molecule has 3 rings (SSSR count). The fourth-order valence-corrected chi connectivity index (χ4v) is 3.27. The van der Waals surface area contributed by atoms with E-state index in [1.165, 1.54) is 11.0 Å². The normalized spacial score (nSPS) is 14.2. The predicted molar refractivity (Wildman–Crippen MR) is 91.0 cm³/mol. The van der Waals surface area contributed by atoms with Crippen LogP contribution in [0, 0.1) is 0 Å². The molecule has 1 heterocycles. The van der Waals surface area contributed by atoms with Crippen molar-refractivity contribution >= 4 is 34.9 Å². The van der Waals surface area contributed by atoms with Crippen LogP contribution < -0.4 is 5.32 Å². The van der Waals surface area contributed by atoms with Crippen molar-refractivity contribution < 1.29 is 18.0 Å². The van der Waals surface area contributed by atoms with Crippen molar-refractivity contribution in [1.29, 1.82) is 0 Å². The lowest BCUT2D eigenvalue weighted by molar-refractivity contribution is -0.137. The minimum Gasteiger partial charge on any atom is -0.320 e. The molecule has 0 radical (unpaired) electrons. The summed E-state index contributed by atoms with van der Waals surface area (Å²) < 4.78 is 38.7. The maximum atomic E-state index is 12.9. The molecule has 0 fully saturated rings. The van der Waals surface area contributed by atoms with Gasteiger partial charge in [-0.2, -0.15) is 13.2 Å². The second-order valence-electron chi connectivity index (χ2n) is 5.67. The first-order valence-electron chi connectivity index (χ1n) is 7.44. The summed E-state index contributed by atoms with van der Waals surface area (Å²) in [4.78, 5) is 13.9. The largest absolute Gasteiger partial charge is 0.417 e. The van der Waals surface area contributed by atoms with Gasteiger partial charge in [0.05, 0.1) is 10.6 Å². The van der Waals surface area contributed by atoms with Crippen LogP contribution >= 0.6 is 23.2 Å². The number of halogens is 5. The Bertz CT molecular complexity index is 824. The Hall–Kier alpha value is -1.92. The Labute approximate surface area is 152 Å². The van der Waals surface area contributed by atoms with Crippen LogP contribution in [0.1, 0.15) is 16.7 Å². The minimum atomic E-state index is -4.58. The van der Waals surface area contributed by atoms with Gasteiger partial charge in [-0.05, 0) is 41.8 Å². The first-order chi connectivity index (χ1) is 11.8. The summed E-state index contributed by atoms with van der Waals surface area (Å²) in [6, 6.07) is 8.29. The molecule has 2 amide bonds. The molecule has 1 aliphatic heterocycles. The van der Waals surface area contributed by atoms with E-state index in [1.54, 1.807) is 12.1 Å². The van der Waals surface area contributed by atoms with Crippen LogP contribution in [0.4, 0.5) is 23.7 Å². The number of rotatable bonds is 1. The van der Waals surface area contributed by atoms with Gasteiger partial charge < -0.3 is 10.2 Å². The van der Waals surface area contributed by atoms with Gasteiger partial charge in [-0.25, -0.2) is 4.79 Å². The van der Waals surface area contributed by atoms with Gasteiger partial charge >= 0.3 is 12.2 Å². The highest BCUT2D eigenvalue weighted by Gasteiger charge is 2.33. The quantitative estimate of drug-likeness (QED) is 0.677. The highest BCUT2D eigenvalue weighted by atomic mass is 35.5. The first kappa shape index (κ1) is 17.9. The second kappa shape index (κ2) is 6.77. The van der Waals surface area contributed by atoms with Crippen molar-refractivity contribution in [2.45, 2.75) is 19.1 Å².